The summed E-state index contributed by atoms with van der Waals surface area (Å²) in [7, 11) is 0. The molecule has 0 saturated carbocycles. The summed E-state index contributed by atoms with van der Waals surface area (Å²) in [5.74, 6) is 2.10. The number of hydrogen-bond acceptors (Lipinski definition) is 1. The number of alkyl halides is 2. The topological polar surface area (TPSA) is 34.0 Å². The minimum absolute atomic E-state index is 0.127. The molecule has 1 amide bonds. The molecular weight excluding hydrogens is 238 g/mol. The van der Waals surface area contributed by atoms with Crippen LogP contribution >= 0.6 is 0 Å². The van der Waals surface area contributed by atoms with Crippen LogP contribution in [0.3, 0.4) is 0 Å². The zero-order chi connectivity index (χ0) is 13.5. The third-order valence-electron chi connectivity index (χ3n) is 2.59. The summed E-state index contributed by atoms with van der Waals surface area (Å²) in [4.78, 5) is 11.9. The van der Waals surface area contributed by atoms with E-state index in [4.69, 9.17) is 6.42 Å². The van der Waals surface area contributed by atoms with Gasteiger partial charge in [0.15, 0.2) is 0 Å². The third kappa shape index (κ3) is 3.88. The molecule has 5 heteroatoms. The molecule has 3 nitrogen and oxygen atoms in total. The molecule has 0 spiro atoms. The molecule has 1 atom stereocenters. The van der Waals surface area contributed by atoms with E-state index < -0.39 is 13.0 Å². The van der Waals surface area contributed by atoms with Crippen molar-refractivity contribution in [1.29, 1.82) is 0 Å². The second-order valence-corrected chi connectivity index (χ2v) is 3.92. The summed E-state index contributed by atoms with van der Waals surface area (Å²) < 4.78 is 25.9. The summed E-state index contributed by atoms with van der Waals surface area (Å²) in [6, 6.07) is 2.96. The van der Waals surface area contributed by atoms with Crippen molar-refractivity contribution >= 4 is 5.91 Å². The molecule has 1 aromatic heterocycles. The highest BCUT2D eigenvalue weighted by atomic mass is 19.3. The Morgan fingerprint density at radius 1 is 1.61 bits per heavy atom. The van der Waals surface area contributed by atoms with Crippen LogP contribution in [0.25, 0.3) is 0 Å². The number of rotatable bonds is 6. The van der Waals surface area contributed by atoms with Crippen LogP contribution in [0.15, 0.2) is 18.3 Å². The Labute approximate surface area is 105 Å². The number of aromatic nitrogens is 1. The summed E-state index contributed by atoms with van der Waals surface area (Å²) in [5, 5.41) is 2.74. The number of hydrogen-bond donors (Lipinski definition) is 1. The van der Waals surface area contributed by atoms with Crippen molar-refractivity contribution in [2.75, 3.05) is 0 Å². The minimum atomic E-state index is -2.49. The molecule has 1 rings (SSSR count). The quantitative estimate of drug-likeness (QED) is 0.776. The number of carbonyl (C=O) groups is 1. The van der Waals surface area contributed by atoms with E-state index in [1.807, 2.05) is 6.92 Å². The maximum Gasteiger partial charge on any atom is 0.268 e. The fraction of sp³-hybridized carbons (Fsp3) is 0.462. The first-order chi connectivity index (χ1) is 8.58. The van der Waals surface area contributed by atoms with Crippen LogP contribution in [0.1, 0.15) is 30.3 Å². The lowest BCUT2D eigenvalue weighted by atomic mass is 10.1. The van der Waals surface area contributed by atoms with Crippen LogP contribution < -0.4 is 5.32 Å². The van der Waals surface area contributed by atoms with E-state index in [-0.39, 0.29) is 17.6 Å². The molecule has 0 aliphatic rings. The zero-order valence-electron chi connectivity index (χ0n) is 10.2. The van der Waals surface area contributed by atoms with Crippen LogP contribution in [-0.2, 0) is 6.54 Å². The number of carbonyl (C=O) groups excluding carboxylic acids is 1. The second-order valence-electron chi connectivity index (χ2n) is 3.92. The predicted molar refractivity (Wildman–Crippen MR) is 65.4 cm³/mol. The largest absolute Gasteiger partial charge is 0.347 e. The van der Waals surface area contributed by atoms with Gasteiger partial charge in [0.25, 0.3) is 12.3 Å². The lowest BCUT2D eigenvalue weighted by Crippen LogP contribution is -2.35. The Bertz CT molecular complexity index is 434. The molecule has 0 aliphatic carbocycles. The molecule has 1 unspecified atom stereocenters. The molecule has 0 aromatic carbocycles. The maximum absolute atomic E-state index is 12.3. The average molecular weight is 254 g/mol. The number of terminal acetylenes is 1. The molecule has 0 radical (unpaired) electrons. The Hall–Kier alpha value is -1.83. The van der Waals surface area contributed by atoms with Gasteiger partial charge >= 0.3 is 0 Å². The van der Waals surface area contributed by atoms with E-state index in [1.165, 1.54) is 16.8 Å². The van der Waals surface area contributed by atoms with Crippen molar-refractivity contribution in [2.24, 2.45) is 0 Å². The standard InChI is InChI=1S/C13H16F2N2O/c1-3-6-10(4-2)16-13(18)11-7-5-8-17(11)9-12(14)15/h1,5,7-8,10,12H,4,6,9H2,2H3,(H,16,18). The van der Waals surface area contributed by atoms with Crippen molar-refractivity contribution in [3.63, 3.8) is 0 Å². The molecule has 98 valence electrons. The molecule has 1 aromatic rings. The van der Waals surface area contributed by atoms with Crippen LogP contribution in [0, 0.1) is 12.3 Å². The van der Waals surface area contributed by atoms with Gasteiger partial charge in [-0.3, -0.25) is 4.79 Å². The molecule has 0 fully saturated rings. The van der Waals surface area contributed by atoms with Gasteiger partial charge in [0.05, 0.1) is 6.54 Å². The van der Waals surface area contributed by atoms with Crippen molar-refractivity contribution in [2.45, 2.75) is 38.8 Å². The van der Waals surface area contributed by atoms with Gasteiger partial charge in [-0.2, -0.15) is 0 Å². The average Bonchev–Trinajstić information content (AvgIpc) is 2.75. The predicted octanol–water partition coefficient (Wildman–Crippen LogP) is 2.28. The lowest BCUT2D eigenvalue weighted by Gasteiger charge is -2.15. The fourth-order valence-electron chi connectivity index (χ4n) is 1.63. The molecule has 0 aliphatic heterocycles. The summed E-state index contributed by atoms with van der Waals surface area (Å²) in [6.45, 7) is 1.42. The Morgan fingerprint density at radius 3 is 2.89 bits per heavy atom. The summed E-state index contributed by atoms with van der Waals surface area (Å²) in [5.41, 5.74) is 0.228. The first-order valence-corrected chi connectivity index (χ1v) is 5.76. The molecule has 18 heavy (non-hydrogen) atoms. The van der Waals surface area contributed by atoms with Gasteiger partial charge in [-0.25, -0.2) is 8.78 Å². The highest BCUT2D eigenvalue weighted by Gasteiger charge is 2.16. The smallest absolute Gasteiger partial charge is 0.268 e. The third-order valence-corrected chi connectivity index (χ3v) is 2.59. The van der Waals surface area contributed by atoms with E-state index in [0.717, 1.165) is 0 Å². The van der Waals surface area contributed by atoms with E-state index in [0.29, 0.717) is 12.8 Å². The van der Waals surface area contributed by atoms with E-state index in [1.54, 1.807) is 6.07 Å². The Balaban J connectivity index is 2.72. The van der Waals surface area contributed by atoms with Crippen molar-refractivity contribution in [3.05, 3.63) is 24.0 Å². The van der Waals surface area contributed by atoms with Gasteiger partial charge in [-0.15, -0.1) is 12.3 Å². The fourth-order valence-corrected chi connectivity index (χ4v) is 1.63. The van der Waals surface area contributed by atoms with Crippen molar-refractivity contribution in [3.8, 4) is 12.3 Å². The van der Waals surface area contributed by atoms with Crippen LogP contribution in [0.5, 0.6) is 0 Å². The van der Waals surface area contributed by atoms with E-state index in [9.17, 15) is 13.6 Å². The zero-order valence-corrected chi connectivity index (χ0v) is 10.2. The number of nitrogens with zero attached hydrogens (tertiary/aromatic N) is 1. The molecular formula is C13H16F2N2O. The van der Waals surface area contributed by atoms with Crippen molar-refractivity contribution < 1.29 is 13.6 Å². The van der Waals surface area contributed by atoms with Gasteiger partial charge in [-0.1, -0.05) is 6.92 Å². The first kappa shape index (κ1) is 14.2. The Morgan fingerprint density at radius 2 is 2.33 bits per heavy atom. The number of halogens is 2. The van der Waals surface area contributed by atoms with Crippen LogP contribution in [0.2, 0.25) is 0 Å². The molecule has 1 heterocycles. The van der Waals surface area contributed by atoms with Gasteiger partial charge in [0, 0.05) is 18.7 Å². The maximum atomic E-state index is 12.3. The van der Waals surface area contributed by atoms with E-state index in [2.05, 4.69) is 11.2 Å². The van der Waals surface area contributed by atoms with Gasteiger partial charge in [0.1, 0.15) is 5.69 Å². The Kier molecular flexibility index (Phi) is 5.37. The van der Waals surface area contributed by atoms with Crippen LogP contribution in [-0.4, -0.2) is 22.9 Å². The SMILES string of the molecule is C#CCC(CC)NC(=O)c1cccn1CC(F)F. The summed E-state index contributed by atoms with van der Waals surface area (Å²) in [6.07, 6.45) is 5.29. The second kappa shape index (κ2) is 6.80. The van der Waals surface area contributed by atoms with Crippen LogP contribution in [0.4, 0.5) is 8.78 Å². The molecule has 0 saturated heterocycles. The molecule has 0 bridgehead atoms. The number of amides is 1. The first-order valence-electron chi connectivity index (χ1n) is 5.76. The summed E-state index contributed by atoms with van der Waals surface area (Å²) >= 11 is 0. The normalized spacial score (nSPS) is 12.2. The van der Waals surface area contributed by atoms with Crippen molar-refractivity contribution in [1.82, 2.24) is 9.88 Å². The highest BCUT2D eigenvalue weighted by molar-refractivity contribution is 5.92. The van der Waals surface area contributed by atoms with Gasteiger partial charge < -0.3 is 9.88 Å². The molecule has 1 N–H and O–H groups in total. The highest BCUT2D eigenvalue weighted by Crippen LogP contribution is 2.07. The van der Waals surface area contributed by atoms with Gasteiger partial charge in [0.2, 0.25) is 0 Å². The number of nitrogens with one attached hydrogen (secondary N) is 1. The monoisotopic (exact) mass is 254 g/mol. The van der Waals surface area contributed by atoms with E-state index >= 15 is 0 Å². The minimum Gasteiger partial charge on any atom is -0.347 e. The lowest BCUT2D eigenvalue weighted by molar-refractivity contribution is 0.0914. The van der Waals surface area contributed by atoms with Gasteiger partial charge in [-0.05, 0) is 18.6 Å².